The molecule has 728 valence electrons. The maximum Gasteiger partial charge on any atom is 0.293 e. The lowest BCUT2D eigenvalue weighted by Gasteiger charge is -2.38. The van der Waals surface area contributed by atoms with Crippen LogP contribution in [-0.2, 0) is 120 Å². The number of rotatable bonds is 24. The molecule has 0 unspecified atom stereocenters. The largest absolute Gasteiger partial charge is 0.508 e. The van der Waals surface area contributed by atoms with Gasteiger partial charge in [0.1, 0.15) is 96.6 Å². The Balaban J connectivity index is 1.06. The second-order valence-corrected chi connectivity index (χ2v) is 35.3. The van der Waals surface area contributed by atoms with Crippen molar-refractivity contribution in [1.29, 1.82) is 0 Å². The number of amides is 15. The van der Waals surface area contributed by atoms with Crippen LogP contribution in [0.5, 0.6) is 11.5 Å². The van der Waals surface area contributed by atoms with Crippen molar-refractivity contribution in [3.63, 3.8) is 0 Å². The highest BCUT2D eigenvalue weighted by Gasteiger charge is 2.48. The number of hydrogen-bond donors (Lipinski definition) is 15. The Morgan fingerprint density at radius 1 is 0.544 bits per heavy atom. The van der Waals surface area contributed by atoms with Crippen molar-refractivity contribution in [1.82, 2.24) is 77.3 Å². The monoisotopic (exact) mass is 1900 g/mol. The molecule has 15 amide bonds. The number of aromatic amines is 1. The van der Waals surface area contributed by atoms with Gasteiger partial charge in [0, 0.05) is 109 Å². The van der Waals surface area contributed by atoms with Crippen LogP contribution in [0.2, 0.25) is 0 Å². The van der Waals surface area contributed by atoms with Crippen LogP contribution in [-0.4, -0.2) is 295 Å². The molecule has 0 saturated carbocycles. The van der Waals surface area contributed by atoms with E-state index in [1.807, 2.05) is 0 Å². The van der Waals surface area contributed by atoms with Gasteiger partial charge in [-0.1, -0.05) is 137 Å². The van der Waals surface area contributed by atoms with E-state index >= 15 is 56.7 Å². The normalized spacial score (nSPS) is 23.8. The third kappa shape index (κ3) is 28.1. The van der Waals surface area contributed by atoms with Crippen LogP contribution < -0.4 is 53.6 Å². The Bertz CT molecular complexity index is 5410. The van der Waals surface area contributed by atoms with Crippen LogP contribution in [0.4, 0.5) is 13.2 Å². The summed E-state index contributed by atoms with van der Waals surface area (Å²) in [6, 6.07) is 14.1. The number of benzene rings is 6. The first kappa shape index (κ1) is 104. The third-order valence-electron chi connectivity index (χ3n) is 24.1. The number of unbranched alkanes of at least 4 members (excludes halogenated alkanes) is 1. The van der Waals surface area contributed by atoms with Gasteiger partial charge in [-0.2, -0.15) is 0 Å². The van der Waals surface area contributed by atoms with Gasteiger partial charge in [0.2, 0.25) is 88.6 Å². The summed E-state index contributed by atoms with van der Waals surface area (Å²) < 4.78 is 50.2. The number of carbonyl (C=O) groups excluding carboxylic acids is 16. The summed E-state index contributed by atoms with van der Waals surface area (Å²) in [7, 11) is 3.68. The minimum absolute atomic E-state index is 0.0174. The lowest BCUT2D eigenvalue weighted by molar-refractivity contribution is -0.152. The van der Waals surface area contributed by atoms with E-state index in [1.165, 1.54) is 67.5 Å². The molecule has 0 bridgehead atoms. The first-order valence-corrected chi connectivity index (χ1v) is 45.7. The van der Waals surface area contributed by atoms with Gasteiger partial charge in [0.25, 0.3) is 6.47 Å². The minimum Gasteiger partial charge on any atom is -0.508 e. The zero-order valence-corrected chi connectivity index (χ0v) is 76.7. The maximum atomic E-state index is 15.8. The number of fused-ring (bicyclic) bond motifs is 3. The van der Waals surface area contributed by atoms with Crippen molar-refractivity contribution >= 4 is 118 Å². The van der Waals surface area contributed by atoms with Crippen LogP contribution in [0, 0.1) is 23.4 Å². The number of phenolic OH excluding ortho intramolecular Hbond substituents is 2. The van der Waals surface area contributed by atoms with Crippen LogP contribution in [0.1, 0.15) is 99.1 Å². The highest BCUT2D eigenvalue weighted by molar-refractivity contribution is 8.00. The van der Waals surface area contributed by atoms with E-state index in [4.69, 9.17) is 10.5 Å². The van der Waals surface area contributed by atoms with Gasteiger partial charge in [-0.3, -0.25) is 76.7 Å². The van der Waals surface area contributed by atoms with Crippen molar-refractivity contribution in [3.05, 3.63) is 203 Å². The lowest BCUT2D eigenvalue weighted by atomic mass is 9.98. The van der Waals surface area contributed by atoms with Crippen LogP contribution in [0.25, 0.3) is 10.9 Å². The third-order valence-corrected chi connectivity index (χ3v) is 25.1. The van der Waals surface area contributed by atoms with E-state index in [0.717, 1.165) is 26.6 Å². The number of nitrogens with two attached hydrogens (primary N) is 1. The number of ether oxygens (including phenoxy) is 1. The summed E-state index contributed by atoms with van der Waals surface area (Å²) >= 11 is 0.618. The summed E-state index contributed by atoms with van der Waals surface area (Å²) in [4.78, 5) is 246. The van der Waals surface area contributed by atoms with E-state index in [9.17, 15) is 53.6 Å². The Kier molecular flexibility index (Phi) is 37.8. The second kappa shape index (κ2) is 49.3. The summed E-state index contributed by atoms with van der Waals surface area (Å²) in [5.41, 5.74) is 7.75. The minimum atomic E-state index is -1.91. The first-order chi connectivity index (χ1) is 64.9. The number of halogens is 3. The number of aliphatic hydroxyl groups excluding tert-OH is 2. The molecule has 0 radical (unpaired) electrons. The fraction of sp³-hybridized carbons (Fsp3) is 0.432. The zero-order valence-electron chi connectivity index (χ0n) is 75.9. The smallest absolute Gasteiger partial charge is 0.293 e. The number of aromatic nitrogens is 1. The molecule has 41 heteroatoms. The Hall–Kier alpha value is -14.0. The van der Waals surface area contributed by atoms with E-state index in [0.29, 0.717) is 69.0 Å². The summed E-state index contributed by atoms with van der Waals surface area (Å²) in [5.74, 6) is -23.0. The number of para-hydroxylation sites is 1. The topological polar surface area (TPSA) is 530 Å². The fourth-order valence-corrected chi connectivity index (χ4v) is 17.5. The molecule has 3 aliphatic rings. The highest BCUT2D eigenvalue weighted by Crippen LogP contribution is 2.29. The summed E-state index contributed by atoms with van der Waals surface area (Å²) in [5, 5.41) is 66.8. The predicted octanol–water partition coefficient (Wildman–Crippen LogP) is 0.814. The van der Waals surface area contributed by atoms with E-state index in [2.05, 4.69) is 52.8 Å². The molecule has 10 rings (SSSR count). The number of primary amides is 1. The molecule has 136 heavy (non-hydrogen) atoms. The number of nitrogens with one attached hydrogen (secondary N) is 10. The van der Waals surface area contributed by atoms with Gasteiger partial charge in [-0.05, 0) is 107 Å². The summed E-state index contributed by atoms with van der Waals surface area (Å²) in [6.07, 6.45) is -2.56. The number of nitrogens with zero attached hydrogens (tertiary/aromatic N) is 5. The molecule has 6 aromatic carbocycles. The van der Waals surface area contributed by atoms with Crippen LogP contribution in [0.15, 0.2) is 152 Å². The molecule has 3 aliphatic heterocycles. The van der Waals surface area contributed by atoms with Gasteiger partial charge >= 0.3 is 0 Å². The molecule has 3 fully saturated rings. The average Bonchev–Trinajstić information content (AvgIpc) is 1.66. The van der Waals surface area contributed by atoms with Gasteiger partial charge in [0.05, 0.1) is 18.4 Å². The SMILES string of the molecule is CCCC[C@H]1C(=O)N2C[C@H](O)C[C@@H]2C(=O)N[C@@H](COC=O)C(=O)N[C@@H](C(C)C)C(=O)N(C)[C@@H](Cc2ccccc2)C(=O)N[C@@H](Cc2ccc(O)cc2)C(=O)N2CCC[C@@H]2C(=O)N[C@@H](Cc2c[nH]c3ccccc23)C(=O)N[C@@H](Cc2ccc(O)cc2)C(=O)N[C@@H](CCO)C(=O)N[C@H](C(=O)NCC(N)=O)CSCC(=O)N[C@@H](Cc2cc(F)c(F)c(F)c2)C(=O)N(C)[C@@H](Cc2ccccc2)C(=O)N1C. The molecule has 16 N–H and O–H groups in total. The second-order valence-electron chi connectivity index (χ2n) is 34.2. The number of likely N-dealkylation sites (N-methyl/N-ethyl adjacent to an activating group) is 3. The number of aliphatic hydroxyl groups is 2. The Morgan fingerprint density at radius 3 is 1.66 bits per heavy atom. The number of hydrogen-bond acceptors (Lipinski definition) is 22. The maximum absolute atomic E-state index is 15.8. The van der Waals surface area contributed by atoms with E-state index in [-0.39, 0.29) is 75.9 Å². The van der Waals surface area contributed by atoms with Crippen molar-refractivity contribution in [2.45, 2.75) is 189 Å². The quantitative estimate of drug-likeness (QED) is 0.0294. The highest BCUT2D eigenvalue weighted by atomic mass is 32.2. The molecule has 4 heterocycles. The first-order valence-electron chi connectivity index (χ1n) is 44.6. The lowest BCUT2D eigenvalue weighted by Crippen LogP contribution is -2.62. The predicted molar refractivity (Wildman–Crippen MR) is 490 cm³/mol. The Morgan fingerprint density at radius 2 is 1.06 bits per heavy atom. The molecule has 37 nitrogen and oxygen atoms in total. The van der Waals surface area contributed by atoms with Gasteiger partial charge < -0.3 is 108 Å². The number of aromatic hydroxyl groups is 2. The number of carbonyl (C=O) groups is 16. The van der Waals surface area contributed by atoms with Crippen molar-refractivity contribution in [3.8, 4) is 11.5 Å². The average molecular weight is 1910 g/mol. The standard InChI is InChI=1S/C95H115F3N16O21S/c1-7-8-24-75-94(133)114-48-62(119)45-77(114)90(129)107-72(49-135-52-116)87(126)109-82(53(2)3)95(134)111(5)76(42-54-18-11-9-12-19-54)89(128)106-71(40-57-28-32-61(118)33-29-57)92(131)113-35-17-25-74(113)88(127)105-69(44-59-46-100-66-23-16-15-22-63(59)66)86(125)104-68(39-56-26-30-60(117)31-27-56)85(124)103-67(34-36-115)84(123)108-73(83(122)101-47-79(99)120)50-136-51-80(121)102-70(41-58-37-64(96)81(98)65(97)38-58)91(130)112(6)78(93(132)110(75)4)43-55-20-13-10-14-21-55/h9-16,18-23,26-33,37-38,46,52-53,62,67-78,82,100,115,117-119H,7-8,17,24-25,34-36,39-45,47-51H2,1-6H3,(H2,99,120)(H,101,122)(H,102,121)(H,103,124)(H,104,125)(H,105,127)(H,106,128)(H,107,129)(H,108,123)(H,109,126)/t62-,67+,68+,69+,70+,71+,72+,73+,74-,75+,76+,77-,78+,82+/m1/s1. The van der Waals surface area contributed by atoms with E-state index in [1.54, 1.807) is 112 Å². The molecule has 7 aromatic rings. The fourth-order valence-electron chi connectivity index (χ4n) is 16.6. The van der Waals surface area contributed by atoms with Crippen LogP contribution in [0.3, 0.4) is 0 Å². The van der Waals surface area contributed by atoms with Gasteiger partial charge in [-0.15, -0.1) is 11.8 Å². The molecule has 3 saturated heterocycles. The number of phenols is 2. The molecule has 1 aromatic heterocycles. The van der Waals surface area contributed by atoms with Crippen LogP contribution >= 0.6 is 11.8 Å². The van der Waals surface area contributed by atoms with Gasteiger partial charge in [0.15, 0.2) is 17.5 Å². The molecular formula is C95H115F3N16O21S. The van der Waals surface area contributed by atoms with Crippen molar-refractivity contribution < 1.29 is 115 Å². The number of thioether (sulfide) groups is 1. The summed E-state index contributed by atoms with van der Waals surface area (Å²) in [6.45, 7) is 1.72. The van der Waals surface area contributed by atoms with Gasteiger partial charge in [-0.25, -0.2) is 13.2 Å². The molecular weight excluding hydrogens is 1790 g/mol. The van der Waals surface area contributed by atoms with Crippen molar-refractivity contribution in [2.24, 2.45) is 11.7 Å². The van der Waals surface area contributed by atoms with E-state index < -0.39 is 266 Å². The zero-order chi connectivity index (χ0) is 98.7. The number of H-pyrrole nitrogens is 1. The molecule has 0 spiro atoms. The molecule has 14 atom stereocenters. The molecule has 0 aliphatic carbocycles. The van der Waals surface area contributed by atoms with Crippen molar-refractivity contribution in [2.75, 3.05) is 65.5 Å². The Labute approximate surface area is 786 Å².